The van der Waals surface area contributed by atoms with Gasteiger partial charge in [0.05, 0.1) is 5.39 Å². The molecule has 13 heavy (non-hydrogen) atoms. The van der Waals surface area contributed by atoms with Crippen molar-refractivity contribution in [2.24, 2.45) is 0 Å². The molecule has 2 rings (SSSR count). The Morgan fingerprint density at radius 3 is 2.92 bits per heavy atom. The van der Waals surface area contributed by atoms with Crippen LogP contribution in [0.25, 0.3) is 11.0 Å². The molecule has 1 aromatic carbocycles. The maximum atomic E-state index is 9.64. The largest absolute Gasteiger partial charge is 0.503 e. The zero-order chi connectivity index (χ0) is 9.42. The van der Waals surface area contributed by atoms with Gasteiger partial charge in [-0.25, -0.2) is 0 Å². The van der Waals surface area contributed by atoms with Gasteiger partial charge in [0, 0.05) is 5.02 Å². The smallest absolute Gasteiger partial charge is 0.203 e. The van der Waals surface area contributed by atoms with Crippen LogP contribution in [0.4, 0.5) is 0 Å². The third-order valence-electron chi connectivity index (χ3n) is 1.78. The van der Waals surface area contributed by atoms with Gasteiger partial charge in [-0.15, -0.1) is 0 Å². The van der Waals surface area contributed by atoms with Crippen LogP contribution in [0.3, 0.4) is 0 Å². The molecule has 1 heterocycles. The first-order chi connectivity index (χ1) is 6.22. The molecule has 0 saturated carbocycles. The summed E-state index contributed by atoms with van der Waals surface area (Å²) < 4.78 is 5.36. The van der Waals surface area contributed by atoms with Gasteiger partial charge in [-0.3, -0.25) is 0 Å². The van der Waals surface area contributed by atoms with Crippen LogP contribution in [-0.2, 0) is 0 Å². The quantitative estimate of drug-likeness (QED) is 0.738. The second-order valence-electron chi connectivity index (χ2n) is 2.58. The fourth-order valence-electron chi connectivity index (χ4n) is 1.17. The molecule has 0 saturated heterocycles. The van der Waals surface area contributed by atoms with Crippen molar-refractivity contribution in [3.05, 3.63) is 23.2 Å². The number of hydrogen-bond donors (Lipinski definition) is 1. The van der Waals surface area contributed by atoms with Crippen molar-refractivity contribution >= 4 is 34.3 Å². The minimum absolute atomic E-state index is 0.171. The van der Waals surface area contributed by atoms with Crippen LogP contribution < -0.4 is 0 Å². The topological polar surface area (TPSA) is 33.4 Å². The lowest BCUT2D eigenvalue weighted by Crippen LogP contribution is -1.65. The van der Waals surface area contributed by atoms with Crippen LogP contribution in [0.2, 0.25) is 5.02 Å². The van der Waals surface area contributed by atoms with Crippen molar-refractivity contribution in [1.29, 1.82) is 0 Å². The highest BCUT2D eigenvalue weighted by molar-refractivity contribution is 7.98. The summed E-state index contributed by atoms with van der Waals surface area (Å²) >= 11 is 7.15. The molecule has 0 aliphatic carbocycles. The predicted octanol–water partition coefficient (Wildman–Crippen LogP) is 3.51. The first-order valence-corrected chi connectivity index (χ1v) is 5.27. The van der Waals surface area contributed by atoms with Crippen molar-refractivity contribution < 1.29 is 9.52 Å². The highest BCUT2D eigenvalue weighted by Gasteiger charge is 2.11. The zero-order valence-corrected chi connectivity index (χ0v) is 8.45. The molecular weight excluding hydrogens is 208 g/mol. The summed E-state index contributed by atoms with van der Waals surface area (Å²) in [6, 6.07) is 5.17. The average Bonchev–Trinajstić information content (AvgIpc) is 2.44. The van der Waals surface area contributed by atoms with Gasteiger partial charge in [-0.05, 0) is 24.5 Å². The van der Waals surface area contributed by atoms with E-state index in [1.54, 1.807) is 18.2 Å². The standard InChI is InChI=1S/C9H7ClO2S/c1-13-9-8(11)6-4-5(10)2-3-7(6)12-9/h2-4,11H,1H3. The number of rotatable bonds is 1. The maximum absolute atomic E-state index is 9.64. The van der Waals surface area contributed by atoms with Crippen LogP contribution in [0.5, 0.6) is 5.75 Å². The first-order valence-electron chi connectivity index (χ1n) is 3.67. The second-order valence-corrected chi connectivity index (χ2v) is 3.80. The number of fused-ring (bicyclic) bond motifs is 1. The summed E-state index contributed by atoms with van der Waals surface area (Å²) in [4.78, 5) is 0. The van der Waals surface area contributed by atoms with Crippen LogP contribution in [0.1, 0.15) is 0 Å². The minimum atomic E-state index is 0.171. The van der Waals surface area contributed by atoms with Crippen molar-refractivity contribution in [2.75, 3.05) is 6.26 Å². The molecule has 2 nitrogen and oxygen atoms in total. The van der Waals surface area contributed by atoms with Gasteiger partial charge in [-0.2, -0.15) is 0 Å². The minimum Gasteiger partial charge on any atom is -0.503 e. The zero-order valence-electron chi connectivity index (χ0n) is 6.87. The second kappa shape index (κ2) is 3.16. The Morgan fingerprint density at radius 1 is 1.46 bits per heavy atom. The van der Waals surface area contributed by atoms with Crippen LogP contribution in [0.15, 0.2) is 27.7 Å². The lowest BCUT2D eigenvalue weighted by atomic mass is 10.2. The Kier molecular flexibility index (Phi) is 2.14. The molecule has 0 aliphatic rings. The summed E-state index contributed by atoms with van der Waals surface area (Å²) in [5.74, 6) is 0.171. The lowest BCUT2D eigenvalue weighted by molar-refractivity contribution is 0.416. The van der Waals surface area contributed by atoms with E-state index < -0.39 is 0 Å². The molecule has 1 N–H and O–H groups in total. The maximum Gasteiger partial charge on any atom is 0.203 e. The summed E-state index contributed by atoms with van der Waals surface area (Å²) in [5, 5.41) is 11.4. The number of thioether (sulfide) groups is 1. The molecule has 0 amide bonds. The summed E-state index contributed by atoms with van der Waals surface area (Å²) in [6.07, 6.45) is 1.85. The van der Waals surface area contributed by atoms with Crippen molar-refractivity contribution in [1.82, 2.24) is 0 Å². The molecular formula is C9H7ClO2S. The van der Waals surface area contributed by atoms with Gasteiger partial charge in [0.1, 0.15) is 5.58 Å². The fourth-order valence-corrected chi connectivity index (χ4v) is 1.82. The molecule has 0 radical (unpaired) electrons. The van der Waals surface area contributed by atoms with Crippen LogP contribution in [0, 0.1) is 0 Å². The monoisotopic (exact) mass is 214 g/mol. The van der Waals surface area contributed by atoms with E-state index in [2.05, 4.69) is 0 Å². The third-order valence-corrected chi connectivity index (χ3v) is 2.66. The van der Waals surface area contributed by atoms with Gasteiger partial charge in [0.15, 0.2) is 5.75 Å². The lowest BCUT2D eigenvalue weighted by Gasteiger charge is -1.89. The first kappa shape index (κ1) is 8.78. The van der Waals surface area contributed by atoms with E-state index >= 15 is 0 Å². The molecule has 0 spiro atoms. The molecule has 0 aliphatic heterocycles. The molecule has 0 unspecified atom stereocenters. The average molecular weight is 215 g/mol. The molecule has 68 valence electrons. The number of halogens is 1. The normalized spacial score (nSPS) is 10.9. The molecule has 1 aromatic heterocycles. The number of hydrogen-bond acceptors (Lipinski definition) is 3. The SMILES string of the molecule is CSc1oc2ccc(Cl)cc2c1O. The Labute approximate surface area is 84.5 Å². The van der Waals surface area contributed by atoms with Crippen LogP contribution >= 0.6 is 23.4 Å². The molecule has 2 aromatic rings. The van der Waals surface area contributed by atoms with Gasteiger partial charge in [0.25, 0.3) is 0 Å². The number of benzene rings is 1. The Hall–Kier alpha value is -0.800. The fraction of sp³-hybridized carbons (Fsp3) is 0.111. The molecule has 0 atom stereocenters. The van der Waals surface area contributed by atoms with E-state index in [1.807, 2.05) is 6.26 Å². The van der Waals surface area contributed by atoms with Crippen molar-refractivity contribution in [2.45, 2.75) is 5.09 Å². The highest BCUT2D eigenvalue weighted by Crippen LogP contribution is 2.38. The number of aromatic hydroxyl groups is 1. The van der Waals surface area contributed by atoms with Gasteiger partial charge >= 0.3 is 0 Å². The van der Waals surface area contributed by atoms with Crippen molar-refractivity contribution in [3.8, 4) is 5.75 Å². The van der Waals surface area contributed by atoms with E-state index in [1.165, 1.54) is 11.8 Å². The van der Waals surface area contributed by atoms with Crippen molar-refractivity contribution in [3.63, 3.8) is 0 Å². The molecule has 0 bridgehead atoms. The summed E-state index contributed by atoms with van der Waals surface area (Å²) in [7, 11) is 0. The van der Waals surface area contributed by atoms with Gasteiger partial charge in [-0.1, -0.05) is 23.4 Å². The Balaban J connectivity index is 2.77. The number of furan rings is 1. The van der Waals surface area contributed by atoms with Gasteiger partial charge < -0.3 is 9.52 Å². The van der Waals surface area contributed by atoms with E-state index in [0.29, 0.717) is 21.1 Å². The van der Waals surface area contributed by atoms with E-state index in [9.17, 15) is 5.11 Å². The third kappa shape index (κ3) is 1.38. The summed E-state index contributed by atoms with van der Waals surface area (Å²) in [6.45, 7) is 0. The van der Waals surface area contributed by atoms with E-state index in [4.69, 9.17) is 16.0 Å². The van der Waals surface area contributed by atoms with E-state index in [-0.39, 0.29) is 5.75 Å². The predicted molar refractivity (Wildman–Crippen MR) is 54.7 cm³/mol. The molecule has 0 fully saturated rings. The van der Waals surface area contributed by atoms with Crippen LogP contribution in [-0.4, -0.2) is 11.4 Å². The van der Waals surface area contributed by atoms with Gasteiger partial charge in [0.2, 0.25) is 5.09 Å². The highest BCUT2D eigenvalue weighted by atomic mass is 35.5. The molecule has 4 heteroatoms. The summed E-state index contributed by atoms with van der Waals surface area (Å²) in [5.41, 5.74) is 0.659. The van der Waals surface area contributed by atoms with E-state index in [0.717, 1.165) is 0 Å². The Bertz CT molecular complexity index is 450. The Morgan fingerprint density at radius 2 is 2.23 bits per heavy atom.